The van der Waals surface area contributed by atoms with Crippen molar-refractivity contribution in [3.05, 3.63) is 84.1 Å². The molecule has 4 fully saturated rings. The predicted octanol–water partition coefficient (Wildman–Crippen LogP) is -1.74. The highest BCUT2D eigenvalue weighted by Gasteiger charge is 2.50. The number of fused-ring (bicyclic) bond motifs is 3. The number of aliphatic hydroxyl groups excluding tert-OH is 8. The number of carbonyl (C=O) groups is 7. The van der Waals surface area contributed by atoms with Gasteiger partial charge in [0.25, 0.3) is 18.2 Å². The maximum absolute atomic E-state index is 15.0. The van der Waals surface area contributed by atoms with Crippen molar-refractivity contribution in [2.45, 2.75) is 157 Å². The van der Waals surface area contributed by atoms with Crippen molar-refractivity contribution < 1.29 is 103 Å². The van der Waals surface area contributed by atoms with Gasteiger partial charge in [-0.1, -0.05) is 59.2 Å². The molecule has 1 unspecified atom stereocenters. The average Bonchev–Trinajstić information content (AvgIpc) is 1.67. The number of hydrogen-bond acceptors (Lipinski definition) is 27. The van der Waals surface area contributed by atoms with Crippen LogP contribution in [-0.2, 0) is 49.3 Å². The van der Waals surface area contributed by atoms with Crippen LogP contribution >= 0.6 is 23.7 Å². The van der Waals surface area contributed by atoms with Crippen molar-refractivity contribution in [3.8, 4) is 33.3 Å². The van der Waals surface area contributed by atoms with E-state index in [1.165, 1.54) is 36.5 Å². The Hall–Kier alpha value is -7.72. The number of anilines is 1. The van der Waals surface area contributed by atoms with Gasteiger partial charge in [0.15, 0.2) is 11.5 Å². The Balaban J connectivity index is 0.968. The number of phenolic OH excluding ortho intramolecular Hbond substituents is 1. The normalized spacial score (nSPS) is 25.1. The lowest BCUT2D eigenvalue weighted by molar-refractivity contribution is -0.433. The smallest absolute Gasteiger partial charge is 0.261 e. The summed E-state index contributed by atoms with van der Waals surface area (Å²) < 4.78 is 17.1. The molecule has 7 amide bonds. The molecule has 9 rings (SSSR count). The molecule has 0 radical (unpaired) electrons. The second-order valence-electron chi connectivity index (χ2n) is 25.2. The van der Waals surface area contributed by atoms with Gasteiger partial charge in [0, 0.05) is 86.9 Å². The van der Waals surface area contributed by atoms with Crippen LogP contribution in [0.2, 0.25) is 0 Å². The summed E-state index contributed by atoms with van der Waals surface area (Å²) in [5.74, 6) is -9.62. The fourth-order valence-electron chi connectivity index (χ4n) is 12.4. The number of nitrogens with one attached hydrogen (secondary N) is 6. The van der Waals surface area contributed by atoms with Gasteiger partial charge in [-0.3, -0.25) is 33.6 Å². The number of amides is 7. The van der Waals surface area contributed by atoms with Gasteiger partial charge in [0.05, 0.1) is 73.9 Å². The first-order chi connectivity index (χ1) is 47.5. The maximum atomic E-state index is 15.0. The molecule has 33 nitrogen and oxygen atoms in total. The van der Waals surface area contributed by atoms with E-state index in [1.807, 2.05) is 12.1 Å². The van der Waals surface area contributed by atoms with E-state index in [4.69, 9.17) is 24.3 Å². The highest BCUT2D eigenvalue weighted by molar-refractivity contribution is 7.90. The van der Waals surface area contributed by atoms with E-state index in [0.29, 0.717) is 16.2 Å². The van der Waals surface area contributed by atoms with E-state index in [0.717, 1.165) is 90.5 Å². The van der Waals surface area contributed by atoms with Crippen LogP contribution in [0.1, 0.15) is 81.6 Å². The summed E-state index contributed by atoms with van der Waals surface area (Å²) in [7, 11) is 0. The number of hydrogen-bond donors (Lipinski definition) is 16. The molecule has 5 aromatic rings. The van der Waals surface area contributed by atoms with Crippen LogP contribution in [0.3, 0.4) is 0 Å². The second kappa shape index (κ2) is 35.1. The zero-order valence-corrected chi connectivity index (χ0v) is 56.2. The summed E-state index contributed by atoms with van der Waals surface area (Å²) in [6.07, 6.45) is -6.56. The Kier molecular flexibility index (Phi) is 26.7. The van der Waals surface area contributed by atoms with Crippen molar-refractivity contribution in [3.63, 3.8) is 0 Å². The molecule has 0 saturated carbocycles. The fraction of sp³-hybridized carbons (Fsp3) is 0.547. The van der Waals surface area contributed by atoms with Crippen molar-refractivity contribution >= 4 is 75.7 Å². The molecule has 3 aromatic carbocycles. The molecule has 2 aromatic heterocycles. The minimum atomic E-state index is -2.16. The quantitative estimate of drug-likeness (QED) is 0.0141. The lowest BCUT2D eigenvalue weighted by atomic mass is 9.98. The van der Waals surface area contributed by atoms with E-state index < -0.39 is 184 Å². The fourth-order valence-corrected chi connectivity index (χ4v) is 13.5. The number of benzene rings is 3. The van der Waals surface area contributed by atoms with Crippen molar-refractivity contribution in [2.75, 3.05) is 64.0 Å². The molecule has 4 aliphatic heterocycles. The van der Waals surface area contributed by atoms with Crippen LogP contribution in [0.25, 0.3) is 26.8 Å². The molecule has 4 aliphatic rings. The molecule has 13 atom stereocenters. The lowest BCUT2D eigenvalue weighted by Crippen LogP contribution is -2.64. The predicted molar refractivity (Wildman–Crippen MR) is 354 cm³/mol. The van der Waals surface area contributed by atoms with Gasteiger partial charge < -0.3 is 101 Å². The molecule has 6 heterocycles. The number of β-amino-alcohol motifs (C(OH)–C–C–N with tert-alkyl or cyclic N) is 1. The van der Waals surface area contributed by atoms with Crippen molar-refractivity contribution in [1.82, 2.24) is 56.3 Å². The molecule has 35 heteroatoms. The highest BCUT2D eigenvalue weighted by atomic mass is 32.2. The number of rotatable bonds is 24. The minimum Gasteiger partial charge on any atom is -0.504 e. The molecular formula is C64H86N12O21S2. The molecule has 0 aliphatic carbocycles. The third-order valence-corrected chi connectivity index (χ3v) is 19.3. The number of unbranched alkanes of at least 4 members (excludes halogenated alkanes) is 1. The maximum Gasteiger partial charge on any atom is 0.261 e. The Morgan fingerprint density at radius 3 is 2.17 bits per heavy atom. The summed E-state index contributed by atoms with van der Waals surface area (Å²) in [4.78, 5) is 112. The lowest BCUT2D eigenvalue weighted by Gasteiger charge is -2.34. The third-order valence-electron chi connectivity index (χ3n) is 18.0. The standard InChI is InChI=1S/C64H86N12O21S2/c1-4-5-22-94-43-17-20-73(21-18-43)40-13-11-38(12-14-40)61-72-76-30-45(68-64(76)98-61)36-7-9-37(10-8-36)56(86)67-44-25-41(80)27-66-60(90)54-55(85)33(2)28-75(54)63(92)53(48(83)16-19-65-39(31-77)32-78)71-59(89)52(49(84)23-35-6-15-47(82)50(24-35)95-99-97-96-93)70-58(88)46-26-42(81)29-74(46)62(91)51(34(3)79)69-57(44)87/h6-15,24,30,33-34,39,41-44,46,48-49,51-55,65,77-85,93H,4-5,16-23,25-29,31-32H2,1-3H3,(H,66,90)(H,67,86)(H,69,87)(H,70,88)(H,71,89)/t33-,34+,41+,42+,44?,46-,48+,49+,51-,52-,53-,54-,55-/m0/s1. The number of phenols is 1. The van der Waals surface area contributed by atoms with Gasteiger partial charge >= 0.3 is 0 Å². The topological polar surface area (TPSA) is 471 Å². The first-order valence-electron chi connectivity index (χ1n) is 32.7. The van der Waals surface area contributed by atoms with Crippen LogP contribution < -0.4 is 41.0 Å². The number of nitrogens with zero attached hydrogens (tertiary/aromatic N) is 6. The van der Waals surface area contributed by atoms with Crippen LogP contribution in [0.4, 0.5) is 5.69 Å². The van der Waals surface area contributed by atoms with Gasteiger partial charge in [0.2, 0.25) is 40.4 Å². The van der Waals surface area contributed by atoms with Gasteiger partial charge in [-0.05, 0) is 93.2 Å². The van der Waals surface area contributed by atoms with Crippen molar-refractivity contribution in [2.24, 2.45) is 5.92 Å². The summed E-state index contributed by atoms with van der Waals surface area (Å²) in [6, 6.07) is 5.60. The Morgan fingerprint density at radius 2 is 1.49 bits per heavy atom. The SMILES string of the molecule is CCCCOC1CCN(c2ccc(-c3nn4cc(-c5ccc(C(=O)NC6C[C@@H](O)CNC(=O)[C@@H]7[C@@H](O)[C@@H](C)CN7C(=O)[C@H]([C@H](O)CCNC(CO)CO)NC(=O)[C@H]([C@H](O)Cc7ccc(O)c(OSOOO)c7)NC(=O)[C@@H]7C[C@@H](O)CN7C(=O)[C@H]([C@@H](C)O)NC6=O)cc5)nc4s3)cc2)CC1. The number of imidazole rings is 1. The number of aromatic nitrogens is 3. The molecule has 4 saturated heterocycles. The molecule has 0 spiro atoms. The number of piperidine rings is 1. The van der Waals surface area contributed by atoms with Gasteiger partial charge in [-0.25, -0.2) is 14.8 Å². The Morgan fingerprint density at radius 1 is 0.808 bits per heavy atom. The molecule has 99 heavy (non-hydrogen) atoms. The first kappa shape index (κ1) is 75.5. The summed E-state index contributed by atoms with van der Waals surface area (Å²) >= 11 is 1.46. The number of aliphatic hydroxyl groups is 8. The largest absolute Gasteiger partial charge is 0.504 e. The highest BCUT2D eigenvalue weighted by Crippen LogP contribution is 2.34. The molecule has 0 bridgehead atoms. The van der Waals surface area contributed by atoms with E-state index in [-0.39, 0.29) is 48.4 Å². The van der Waals surface area contributed by atoms with Crippen LogP contribution in [-0.4, -0.2) is 261 Å². The van der Waals surface area contributed by atoms with E-state index in [1.54, 1.807) is 22.8 Å². The van der Waals surface area contributed by atoms with Gasteiger partial charge in [0.1, 0.15) is 41.3 Å². The second-order valence-corrected chi connectivity index (χ2v) is 26.6. The Labute approximate surface area is 577 Å². The zero-order valence-electron chi connectivity index (χ0n) is 54.6. The van der Waals surface area contributed by atoms with Crippen LogP contribution in [0.5, 0.6) is 11.5 Å². The first-order valence-corrected chi connectivity index (χ1v) is 34.2. The van der Waals surface area contributed by atoms with Crippen LogP contribution in [0, 0.1) is 5.92 Å². The molecule has 16 N–H and O–H groups in total. The van der Waals surface area contributed by atoms with Gasteiger partial charge in [-0.2, -0.15) is 5.10 Å². The number of carbonyl (C=O) groups excluding carboxylic acids is 7. The van der Waals surface area contributed by atoms with Gasteiger partial charge in [-0.15, -0.1) is 0 Å². The average molecular weight is 1420 g/mol. The molecule has 540 valence electrons. The monoisotopic (exact) mass is 1420 g/mol. The number of ether oxygens (including phenoxy) is 1. The van der Waals surface area contributed by atoms with E-state index >= 15 is 0 Å². The minimum absolute atomic E-state index is 0.0137. The summed E-state index contributed by atoms with van der Waals surface area (Å²) in [5.41, 5.74) is 3.28. The zero-order chi connectivity index (χ0) is 71.2. The van der Waals surface area contributed by atoms with Crippen LogP contribution in [0.15, 0.2) is 72.9 Å². The van der Waals surface area contributed by atoms with Crippen molar-refractivity contribution in [1.29, 1.82) is 0 Å². The Bertz CT molecular complexity index is 3530. The van der Waals surface area contributed by atoms with E-state index in [9.17, 15) is 79.5 Å². The summed E-state index contributed by atoms with van der Waals surface area (Å²) in [6.45, 7) is 4.43. The third kappa shape index (κ3) is 19.0. The number of aromatic hydroxyl groups is 1. The van der Waals surface area contributed by atoms with E-state index in [2.05, 4.69) is 65.2 Å². The summed E-state index contributed by atoms with van der Waals surface area (Å²) in [5, 5.41) is 132. The molecular weight excluding hydrogens is 1340 g/mol.